The van der Waals surface area contributed by atoms with Crippen molar-refractivity contribution < 1.29 is 4.79 Å². The Kier molecular flexibility index (Phi) is 6.56. The molecular weight excluding hydrogens is 282 g/mol. The van der Waals surface area contributed by atoms with Crippen LogP contribution in [0.5, 0.6) is 0 Å². The van der Waals surface area contributed by atoms with Gasteiger partial charge in [-0.2, -0.15) is 0 Å². The Morgan fingerprint density at radius 3 is 2.48 bits per heavy atom. The van der Waals surface area contributed by atoms with Crippen LogP contribution in [0.15, 0.2) is 30.3 Å². The van der Waals surface area contributed by atoms with Crippen LogP contribution in [0.4, 0.5) is 0 Å². The lowest BCUT2D eigenvalue weighted by Gasteiger charge is -2.36. The fourth-order valence-corrected chi connectivity index (χ4v) is 3.58. The number of halogens is 1. The molecule has 3 heteroatoms. The molecule has 1 saturated carbocycles. The molecule has 1 aromatic rings. The van der Waals surface area contributed by atoms with Gasteiger partial charge in [-0.25, -0.2) is 0 Å². The first kappa shape index (κ1) is 16.4. The molecule has 0 bridgehead atoms. The molecule has 1 aromatic carbocycles. The highest BCUT2D eigenvalue weighted by Gasteiger charge is 2.30. The minimum Gasteiger partial charge on any atom is -0.338 e. The number of hydrogen-bond acceptors (Lipinski definition) is 1. The van der Waals surface area contributed by atoms with Crippen molar-refractivity contribution in [3.63, 3.8) is 0 Å². The maximum atomic E-state index is 13.0. The van der Waals surface area contributed by atoms with Crippen LogP contribution in [0.2, 0.25) is 0 Å². The minimum absolute atomic E-state index is 0.0312. The number of alkyl halides is 1. The zero-order valence-electron chi connectivity index (χ0n) is 12.9. The summed E-state index contributed by atoms with van der Waals surface area (Å²) in [6, 6.07) is 10.5. The lowest BCUT2D eigenvalue weighted by atomic mass is 9.90. The van der Waals surface area contributed by atoms with E-state index in [1.165, 1.54) is 19.3 Å². The minimum atomic E-state index is -0.0312. The van der Waals surface area contributed by atoms with Crippen LogP contribution in [0, 0.1) is 0 Å². The van der Waals surface area contributed by atoms with Gasteiger partial charge in [-0.15, -0.1) is 11.6 Å². The second-order valence-electron chi connectivity index (χ2n) is 5.88. The van der Waals surface area contributed by atoms with E-state index < -0.39 is 0 Å². The maximum absolute atomic E-state index is 13.0. The molecule has 1 amide bonds. The summed E-state index contributed by atoms with van der Waals surface area (Å²) in [5, 5.41) is 0. The molecule has 0 N–H and O–H groups in total. The molecule has 0 heterocycles. The zero-order valence-corrected chi connectivity index (χ0v) is 13.7. The van der Waals surface area contributed by atoms with Crippen molar-refractivity contribution in [2.24, 2.45) is 0 Å². The van der Waals surface area contributed by atoms with Gasteiger partial charge in [-0.05, 0) is 24.8 Å². The van der Waals surface area contributed by atoms with Crippen molar-refractivity contribution in [2.75, 3.05) is 12.4 Å². The monoisotopic (exact) mass is 307 g/mol. The first-order valence-electron chi connectivity index (χ1n) is 8.19. The molecule has 2 rings (SSSR count). The predicted molar refractivity (Wildman–Crippen MR) is 88.8 cm³/mol. The fraction of sp³-hybridized carbons (Fsp3) is 0.611. The Bertz CT molecular complexity index is 428. The predicted octanol–water partition coefficient (Wildman–Crippen LogP) is 4.58. The summed E-state index contributed by atoms with van der Waals surface area (Å²) in [6.45, 7) is 2.77. The number of nitrogens with zero attached hydrogens (tertiary/aromatic N) is 1. The highest BCUT2D eigenvalue weighted by Crippen LogP contribution is 2.28. The molecule has 1 atom stereocenters. The molecule has 0 aromatic heterocycles. The van der Waals surface area contributed by atoms with Gasteiger partial charge in [0.15, 0.2) is 0 Å². The van der Waals surface area contributed by atoms with Gasteiger partial charge in [0.1, 0.15) is 0 Å². The maximum Gasteiger partial charge on any atom is 0.230 e. The van der Waals surface area contributed by atoms with Crippen LogP contribution in [0.1, 0.15) is 56.9 Å². The molecule has 1 fully saturated rings. The van der Waals surface area contributed by atoms with Gasteiger partial charge in [0.05, 0.1) is 5.92 Å². The second kappa shape index (κ2) is 8.43. The summed E-state index contributed by atoms with van der Waals surface area (Å²) in [5.74, 6) is 0.751. The summed E-state index contributed by atoms with van der Waals surface area (Å²) < 4.78 is 0. The molecule has 0 radical (unpaired) electrons. The molecule has 0 saturated heterocycles. The number of rotatable bonds is 6. The molecule has 0 aliphatic heterocycles. The van der Waals surface area contributed by atoms with Crippen molar-refractivity contribution in [2.45, 2.75) is 57.4 Å². The van der Waals surface area contributed by atoms with E-state index in [4.69, 9.17) is 11.6 Å². The first-order valence-corrected chi connectivity index (χ1v) is 8.72. The van der Waals surface area contributed by atoms with E-state index >= 15 is 0 Å². The lowest BCUT2D eigenvalue weighted by Crippen LogP contribution is -2.44. The van der Waals surface area contributed by atoms with Crippen LogP contribution in [-0.4, -0.2) is 29.3 Å². The average molecular weight is 308 g/mol. The fourth-order valence-electron chi connectivity index (χ4n) is 3.39. The van der Waals surface area contributed by atoms with E-state index in [-0.39, 0.29) is 11.8 Å². The van der Waals surface area contributed by atoms with Gasteiger partial charge in [0.2, 0.25) is 5.91 Å². The Morgan fingerprint density at radius 2 is 1.90 bits per heavy atom. The molecular formula is C18H26ClNO. The zero-order chi connectivity index (χ0) is 15.1. The van der Waals surface area contributed by atoms with E-state index in [1.54, 1.807) is 0 Å². The smallest absolute Gasteiger partial charge is 0.230 e. The molecule has 0 spiro atoms. The number of carbonyl (C=O) groups is 1. The molecule has 1 aliphatic carbocycles. The van der Waals surface area contributed by atoms with Crippen molar-refractivity contribution in [1.29, 1.82) is 0 Å². The molecule has 21 heavy (non-hydrogen) atoms. The van der Waals surface area contributed by atoms with E-state index in [1.807, 2.05) is 18.2 Å². The van der Waals surface area contributed by atoms with Crippen molar-refractivity contribution in [3.05, 3.63) is 35.9 Å². The van der Waals surface area contributed by atoms with Crippen molar-refractivity contribution >= 4 is 17.5 Å². The number of amides is 1. The standard InChI is InChI=1S/C18H26ClNO/c1-2-17(15-9-5-3-6-10-15)18(21)20(14-13-19)16-11-7-4-8-12-16/h3,5-6,9-10,16-17H,2,4,7-8,11-14H2,1H3. The third-order valence-corrected chi connectivity index (χ3v) is 4.70. The molecule has 116 valence electrons. The first-order chi connectivity index (χ1) is 10.3. The van der Waals surface area contributed by atoms with Crippen molar-refractivity contribution in [3.8, 4) is 0 Å². The Labute approximate surface area is 133 Å². The summed E-state index contributed by atoms with van der Waals surface area (Å²) in [4.78, 5) is 15.1. The Balaban J connectivity index is 2.15. The Morgan fingerprint density at radius 1 is 1.24 bits per heavy atom. The largest absolute Gasteiger partial charge is 0.338 e. The lowest BCUT2D eigenvalue weighted by molar-refractivity contribution is -0.135. The second-order valence-corrected chi connectivity index (χ2v) is 6.26. The van der Waals surface area contributed by atoms with E-state index in [9.17, 15) is 4.79 Å². The summed E-state index contributed by atoms with van der Waals surface area (Å²) in [6.07, 6.45) is 6.88. The van der Waals surface area contributed by atoms with Crippen molar-refractivity contribution in [1.82, 2.24) is 4.90 Å². The average Bonchev–Trinajstić information content (AvgIpc) is 2.55. The van der Waals surface area contributed by atoms with Gasteiger partial charge in [0, 0.05) is 18.5 Å². The SMILES string of the molecule is CCC(C(=O)N(CCCl)C1CCCCC1)c1ccccc1. The number of carbonyl (C=O) groups excluding carboxylic acids is 1. The molecule has 1 unspecified atom stereocenters. The topological polar surface area (TPSA) is 20.3 Å². The molecule has 1 aliphatic rings. The van der Waals surface area contributed by atoms with E-state index in [0.717, 1.165) is 24.8 Å². The summed E-state index contributed by atoms with van der Waals surface area (Å²) >= 11 is 5.96. The number of hydrogen-bond donors (Lipinski definition) is 0. The van der Waals surface area contributed by atoms with E-state index in [2.05, 4.69) is 24.0 Å². The van der Waals surface area contributed by atoms with Crippen LogP contribution < -0.4 is 0 Å². The van der Waals surface area contributed by atoms with Gasteiger partial charge in [-0.3, -0.25) is 4.79 Å². The molecule has 2 nitrogen and oxygen atoms in total. The quantitative estimate of drug-likeness (QED) is 0.704. The third-order valence-electron chi connectivity index (χ3n) is 4.53. The van der Waals surface area contributed by atoms with Gasteiger partial charge >= 0.3 is 0 Å². The summed E-state index contributed by atoms with van der Waals surface area (Å²) in [5.41, 5.74) is 1.13. The summed E-state index contributed by atoms with van der Waals surface area (Å²) in [7, 11) is 0. The normalized spacial score (nSPS) is 17.4. The van der Waals surface area contributed by atoms with Crippen LogP contribution >= 0.6 is 11.6 Å². The van der Waals surface area contributed by atoms with Gasteiger partial charge in [-0.1, -0.05) is 56.5 Å². The Hall–Kier alpha value is -1.02. The number of benzene rings is 1. The van der Waals surface area contributed by atoms with Gasteiger partial charge < -0.3 is 4.90 Å². The van der Waals surface area contributed by atoms with Crippen LogP contribution in [0.3, 0.4) is 0 Å². The third kappa shape index (κ3) is 4.23. The van der Waals surface area contributed by atoms with Gasteiger partial charge in [0.25, 0.3) is 0 Å². The highest BCUT2D eigenvalue weighted by atomic mass is 35.5. The van der Waals surface area contributed by atoms with Crippen LogP contribution in [0.25, 0.3) is 0 Å². The van der Waals surface area contributed by atoms with E-state index in [0.29, 0.717) is 18.5 Å². The highest BCUT2D eigenvalue weighted by molar-refractivity contribution is 6.18. The van der Waals surface area contributed by atoms with Crippen LogP contribution in [-0.2, 0) is 4.79 Å².